The Morgan fingerprint density at radius 2 is 2.47 bits per heavy atom. The van der Waals surface area contributed by atoms with Gasteiger partial charge < -0.3 is 10.6 Å². The summed E-state index contributed by atoms with van der Waals surface area (Å²) in [6.07, 6.45) is 3.83. The van der Waals surface area contributed by atoms with Crippen LogP contribution in [0.5, 0.6) is 0 Å². The number of carbonyl (C=O) groups is 1. The zero-order valence-electron chi connectivity index (χ0n) is 11.8. The molecule has 2 N–H and O–H groups in total. The molecule has 1 aliphatic heterocycles. The van der Waals surface area contributed by atoms with Crippen LogP contribution in [0.25, 0.3) is 0 Å². The highest BCUT2D eigenvalue weighted by Gasteiger charge is 2.39. The average Bonchev–Trinajstić information content (AvgIpc) is 3.00. The number of aromatic nitrogens is 1. The molecule has 1 aromatic rings. The number of amides is 1. The van der Waals surface area contributed by atoms with Crippen LogP contribution in [0.15, 0.2) is 5.38 Å². The molecule has 2 rings (SSSR count). The normalized spacial score (nSPS) is 22.6. The van der Waals surface area contributed by atoms with Crippen molar-refractivity contribution in [3.05, 3.63) is 16.1 Å². The van der Waals surface area contributed by atoms with Crippen LogP contribution < -0.4 is 10.6 Å². The minimum atomic E-state index is -0.173. The molecule has 0 aliphatic carbocycles. The van der Waals surface area contributed by atoms with Gasteiger partial charge in [0.25, 0.3) is 0 Å². The Morgan fingerprint density at radius 1 is 1.63 bits per heavy atom. The Morgan fingerprint density at radius 3 is 3.05 bits per heavy atom. The molecule has 1 amide bonds. The molecular formula is C14H23N3OS. The van der Waals surface area contributed by atoms with Crippen molar-refractivity contribution >= 4 is 17.2 Å². The van der Waals surface area contributed by atoms with Crippen LogP contribution in [-0.4, -0.2) is 30.5 Å². The number of nitrogens with zero attached hydrogens (tertiary/aromatic N) is 1. The third-order valence-corrected chi connectivity index (χ3v) is 4.77. The van der Waals surface area contributed by atoms with E-state index in [4.69, 9.17) is 0 Å². The molecule has 19 heavy (non-hydrogen) atoms. The summed E-state index contributed by atoms with van der Waals surface area (Å²) in [5.74, 6) is 0.215. The fourth-order valence-electron chi connectivity index (χ4n) is 2.73. The van der Waals surface area contributed by atoms with Crippen LogP contribution in [0, 0.1) is 12.3 Å². The number of aryl methyl sites for hydroxylation is 1. The van der Waals surface area contributed by atoms with Crippen LogP contribution >= 0.6 is 11.3 Å². The van der Waals surface area contributed by atoms with Crippen LogP contribution in [0.2, 0.25) is 0 Å². The van der Waals surface area contributed by atoms with E-state index in [1.165, 1.54) is 0 Å². The van der Waals surface area contributed by atoms with Crippen LogP contribution in [-0.2, 0) is 11.2 Å². The number of hydrogen-bond donors (Lipinski definition) is 2. The van der Waals surface area contributed by atoms with Crippen molar-refractivity contribution < 1.29 is 4.79 Å². The van der Waals surface area contributed by atoms with Gasteiger partial charge in [-0.1, -0.05) is 13.3 Å². The molecule has 2 heterocycles. The standard InChI is InChI=1S/C14H23N3OS/c1-3-5-14(6-8-15-10-14)13(18)16-7-4-12-17-11(2)9-19-12/h9,15H,3-8,10H2,1-2H3,(H,16,18). The minimum Gasteiger partial charge on any atom is -0.355 e. The first-order chi connectivity index (χ1) is 9.16. The van der Waals surface area contributed by atoms with Gasteiger partial charge in [0.2, 0.25) is 5.91 Å². The zero-order valence-corrected chi connectivity index (χ0v) is 12.6. The lowest BCUT2D eigenvalue weighted by Gasteiger charge is -2.26. The molecule has 1 atom stereocenters. The van der Waals surface area contributed by atoms with E-state index in [2.05, 4.69) is 27.9 Å². The van der Waals surface area contributed by atoms with E-state index in [9.17, 15) is 4.79 Å². The number of carbonyl (C=O) groups excluding carboxylic acids is 1. The maximum Gasteiger partial charge on any atom is 0.227 e. The van der Waals surface area contributed by atoms with Gasteiger partial charge in [-0.25, -0.2) is 4.98 Å². The van der Waals surface area contributed by atoms with Crippen molar-refractivity contribution in [2.75, 3.05) is 19.6 Å². The summed E-state index contributed by atoms with van der Waals surface area (Å²) >= 11 is 1.67. The van der Waals surface area contributed by atoms with E-state index in [1.807, 2.05) is 6.92 Å². The Bertz CT molecular complexity index is 424. The van der Waals surface area contributed by atoms with E-state index in [-0.39, 0.29) is 11.3 Å². The summed E-state index contributed by atoms with van der Waals surface area (Å²) < 4.78 is 0. The van der Waals surface area contributed by atoms with Crippen molar-refractivity contribution in [3.8, 4) is 0 Å². The molecule has 1 fully saturated rings. The maximum atomic E-state index is 12.4. The molecule has 1 aliphatic rings. The Balaban J connectivity index is 1.82. The van der Waals surface area contributed by atoms with Crippen LogP contribution in [0.4, 0.5) is 0 Å². The second-order valence-electron chi connectivity index (χ2n) is 5.35. The number of thiazole rings is 1. The van der Waals surface area contributed by atoms with Crippen molar-refractivity contribution in [2.45, 2.75) is 39.5 Å². The molecule has 0 aromatic carbocycles. The van der Waals surface area contributed by atoms with E-state index in [0.717, 1.165) is 49.5 Å². The lowest BCUT2D eigenvalue weighted by atomic mass is 9.81. The van der Waals surface area contributed by atoms with Gasteiger partial charge >= 0.3 is 0 Å². The van der Waals surface area contributed by atoms with Gasteiger partial charge in [-0.05, 0) is 26.3 Å². The molecule has 0 saturated carbocycles. The second-order valence-corrected chi connectivity index (χ2v) is 6.29. The van der Waals surface area contributed by atoms with Crippen molar-refractivity contribution in [3.63, 3.8) is 0 Å². The van der Waals surface area contributed by atoms with Gasteiger partial charge in [0.05, 0.1) is 10.4 Å². The topological polar surface area (TPSA) is 54.0 Å². The number of nitrogens with one attached hydrogen (secondary N) is 2. The summed E-state index contributed by atoms with van der Waals surface area (Å²) in [4.78, 5) is 16.8. The summed E-state index contributed by atoms with van der Waals surface area (Å²) in [6, 6.07) is 0. The van der Waals surface area contributed by atoms with E-state index in [0.29, 0.717) is 6.54 Å². The van der Waals surface area contributed by atoms with Gasteiger partial charge in [0.15, 0.2) is 0 Å². The molecule has 1 aromatic heterocycles. The fourth-order valence-corrected chi connectivity index (χ4v) is 3.51. The Labute approximate surface area is 119 Å². The molecular weight excluding hydrogens is 258 g/mol. The smallest absolute Gasteiger partial charge is 0.227 e. The number of hydrogen-bond acceptors (Lipinski definition) is 4. The van der Waals surface area contributed by atoms with Gasteiger partial charge in [-0.2, -0.15) is 0 Å². The highest BCUT2D eigenvalue weighted by atomic mass is 32.1. The van der Waals surface area contributed by atoms with Crippen molar-refractivity contribution in [2.24, 2.45) is 5.41 Å². The predicted octanol–water partition coefficient (Wildman–Crippen LogP) is 1.89. The lowest BCUT2D eigenvalue weighted by molar-refractivity contribution is -0.130. The van der Waals surface area contributed by atoms with Crippen LogP contribution in [0.1, 0.15) is 36.9 Å². The average molecular weight is 281 g/mol. The fraction of sp³-hybridized carbons (Fsp3) is 0.714. The number of rotatable bonds is 6. The summed E-state index contributed by atoms with van der Waals surface area (Å²) in [5, 5.41) is 9.57. The van der Waals surface area contributed by atoms with Gasteiger partial charge in [0.1, 0.15) is 0 Å². The maximum absolute atomic E-state index is 12.4. The van der Waals surface area contributed by atoms with E-state index in [1.54, 1.807) is 11.3 Å². The first kappa shape index (κ1) is 14.5. The molecule has 4 nitrogen and oxygen atoms in total. The first-order valence-corrected chi connectivity index (χ1v) is 7.94. The third-order valence-electron chi connectivity index (χ3n) is 3.74. The van der Waals surface area contributed by atoms with Crippen molar-refractivity contribution in [1.29, 1.82) is 0 Å². The molecule has 0 bridgehead atoms. The first-order valence-electron chi connectivity index (χ1n) is 7.06. The highest BCUT2D eigenvalue weighted by Crippen LogP contribution is 2.31. The molecule has 0 radical (unpaired) electrons. The van der Waals surface area contributed by atoms with Gasteiger partial charge in [-0.15, -0.1) is 11.3 Å². The Kier molecular flexibility index (Phi) is 4.93. The van der Waals surface area contributed by atoms with E-state index < -0.39 is 0 Å². The monoisotopic (exact) mass is 281 g/mol. The largest absolute Gasteiger partial charge is 0.355 e. The summed E-state index contributed by atoms with van der Waals surface area (Å²) in [7, 11) is 0. The quantitative estimate of drug-likeness (QED) is 0.837. The molecule has 5 heteroatoms. The molecule has 0 spiro atoms. The highest BCUT2D eigenvalue weighted by molar-refractivity contribution is 7.09. The van der Waals surface area contributed by atoms with Gasteiger partial charge in [0, 0.05) is 30.6 Å². The minimum absolute atomic E-state index is 0.173. The van der Waals surface area contributed by atoms with E-state index >= 15 is 0 Å². The zero-order chi connectivity index (χ0) is 13.7. The molecule has 106 valence electrons. The Hall–Kier alpha value is -0.940. The predicted molar refractivity (Wildman–Crippen MR) is 78.4 cm³/mol. The SMILES string of the molecule is CCCC1(C(=O)NCCc2nc(C)cs2)CCNC1. The molecule has 1 unspecified atom stereocenters. The van der Waals surface area contributed by atoms with Gasteiger partial charge in [-0.3, -0.25) is 4.79 Å². The molecule has 1 saturated heterocycles. The summed E-state index contributed by atoms with van der Waals surface area (Å²) in [6.45, 7) is 6.62. The van der Waals surface area contributed by atoms with Crippen LogP contribution in [0.3, 0.4) is 0 Å². The summed E-state index contributed by atoms with van der Waals surface area (Å²) in [5.41, 5.74) is 0.891. The third kappa shape index (κ3) is 3.54. The lowest BCUT2D eigenvalue weighted by Crippen LogP contribution is -2.43. The second kappa shape index (κ2) is 6.48. The van der Waals surface area contributed by atoms with Crippen molar-refractivity contribution in [1.82, 2.24) is 15.6 Å².